The Morgan fingerprint density at radius 2 is 1.24 bits per heavy atom. The zero-order valence-electron chi connectivity index (χ0n) is 9.34. The fraction of sp³-hybridized carbons (Fsp3) is 0.333. The monoisotopic (exact) mass is 350 g/mol. The van der Waals surface area contributed by atoms with Gasteiger partial charge in [0.1, 0.15) is 0 Å². The van der Waals surface area contributed by atoms with E-state index in [4.69, 9.17) is 0 Å². The van der Waals surface area contributed by atoms with Crippen molar-refractivity contribution < 1.29 is 0 Å². The van der Waals surface area contributed by atoms with Gasteiger partial charge in [-0.2, -0.15) is 0 Å². The highest BCUT2D eigenvalue weighted by atomic mass is 79.9. The van der Waals surface area contributed by atoms with E-state index in [-0.39, 0.29) is 0 Å². The van der Waals surface area contributed by atoms with E-state index in [0.29, 0.717) is 0 Å². The van der Waals surface area contributed by atoms with Gasteiger partial charge in [0.2, 0.25) is 0 Å². The van der Waals surface area contributed by atoms with Gasteiger partial charge in [0.15, 0.2) is 0 Å². The molecule has 2 atom stereocenters. The second kappa shape index (κ2) is 3.58. The van der Waals surface area contributed by atoms with E-state index in [9.17, 15) is 0 Å². The van der Waals surface area contributed by atoms with Crippen LogP contribution in [0, 0.1) is 0 Å². The number of rotatable bonds is 0. The van der Waals surface area contributed by atoms with E-state index < -0.39 is 0 Å². The second-order valence-corrected chi connectivity index (χ2v) is 7.01. The van der Waals surface area contributed by atoms with Crippen LogP contribution in [0.25, 0.3) is 10.8 Å². The maximum absolute atomic E-state index is 3.59. The van der Waals surface area contributed by atoms with Gasteiger partial charge in [-0.1, -0.05) is 12.1 Å². The Kier molecular flexibility index (Phi) is 2.23. The first-order valence-corrected chi connectivity index (χ1v) is 7.73. The van der Waals surface area contributed by atoms with Gasteiger partial charge >= 0.3 is 0 Å². The predicted octanol–water partition coefficient (Wildman–Crippen LogP) is 5.73. The van der Waals surface area contributed by atoms with Crippen LogP contribution >= 0.6 is 31.9 Å². The first-order valence-electron chi connectivity index (χ1n) is 6.15. The molecule has 0 radical (unpaired) electrons. The molecule has 2 aromatic carbocycles. The molecule has 17 heavy (non-hydrogen) atoms. The van der Waals surface area contributed by atoms with Gasteiger partial charge in [-0.3, -0.25) is 0 Å². The summed E-state index contributed by atoms with van der Waals surface area (Å²) in [5.41, 5.74) is 3.26. The predicted molar refractivity (Wildman–Crippen MR) is 78.7 cm³/mol. The van der Waals surface area contributed by atoms with Crippen LogP contribution in [0.3, 0.4) is 0 Å². The van der Waals surface area contributed by atoms with Crippen molar-refractivity contribution in [3.05, 3.63) is 44.3 Å². The molecule has 0 N–H and O–H groups in total. The third-order valence-corrected chi connectivity index (χ3v) is 6.24. The van der Waals surface area contributed by atoms with Gasteiger partial charge in [0.05, 0.1) is 0 Å². The molecule has 0 unspecified atom stereocenters. The van der Waals surface area contributed by atoms with Crippen molar-refractivity contribution in [3.63, 3.8) is 0 Å². The number of fused-ring (bicyclic) bond motifs is 6. The summed E-state index contributed by atoms with van der Waals surface area (Å²) in [6.45, 7) is 0. The standard InChI is InChI=1S/C15H12Br2/c16-14-6-10-4-12-8-1-2-9(3-8)13(12)5-11(10)7-15(14)17/h4-9H,1-3H2/t8-,9+. The summed E-state index contributed by atoms with van der Waals surface area (Å²) in [7, 11) is 0. The van der Waals surface area contributed by atoms with Crippen molar-refractivity contribution in [2.75, 3.05) is 0 Å². The Labute approximate surface area is 118 Å². The highest BCUT2D eigenvalue weighted by Gasteiger charge is 2.36. The average molecular weight is 352 g/mol. The largest absolute Gasteiger partial charge is 0.0506 e. The highest BCUT2D eigenvalue weighted by Crippen LogP contribution is 2.54. The van der Waals surface area contributed by atoms with Gasteiger partial charge in [-0.25, -0.2) is 0 Å². The molecule has 2 aromatic rings. The molecule has 0 aromatic heterocycles. The highest BCUT2D eigenvalue weighted by molar-refractivity contribution is 9.13. The maximum atomic E-state index is 3.59. The lowest BCUT2D eigenvalue weighted by molar-refractivity contribution is 0.719. The molecule has 2 bridgehead atoms. The molecule has 1 saturated carbocycles. The Morgan fingerprint density at radius 3 is 1.71 bits per heavy atom. The first-order chi connectivity index (χ1) is 8.22. The van der Waals surface area contributed by atoms with Gasteiger partial charge in [-0.05, 0) is 97.0 Å². The van der Waals surface area contributed by atoms with Crippen molar-refractivity contribution in [1.29, 1.82) is 0 Å². The van der Waals surface area contributed by atoms with E-state index >= 15 is 0 Å². The van der Waals surface area contributed by atoms with Crippen LogP contribution in [0.1, 0.15) is 42.2 Å². The topological polar surface area (TPSA) is 0 Å². The van der Waals surface area contributed by atoms with Crippen molar-refractivity contribution in [2.24, 2.45) is 0 Å². The lowest BCUT2D eigenvalue weighted by Gasteiger charge is -2.16. The molecule has 0 aliphatic heterocycles. The van der Waals surface area contributed by atoms with Crippen LogP contribution in [0.4, 0.5) is 0 Å². The van der Waals surface area contributed by atoms with Crippen LogP contribution in [0.2, 0.25) is 0 Å². The minimum atomic E-state index is 0.849. The summed E-state index contributed by atoms with van der Waals surface area (Å²) in [5.74, 6) is 1.70. The van der Waals surface area contributed by atoms with Crippen LogP contribution in [0.15, 0.2) is 33.2 Å². The molecule has 2 heteroatoms. The zero-order chi connectivity index (χ0) is 11.6. The minimum Gasteiger partial charge on any atom is -0.0506 e. The number of hydrogen-bond donors (Lipinski definition) is 0. The number of hydrogen-bond acceptors (Lipinski definition) is 0. The number of halogens is 2. The summed E-state index contributed by atoms with van der Waals surface area (Å²) in [6.07, 6.45) is 4.20. The lowest BCUT2D eigenvalue weighted by atomic mass is 9.89. The maximum Gasteiger partial charge on any atom is 0.0323 e. The van der Waals surface area contributed by atoms with E-state index in [1.807, 2.05) is 0 Å². The first kappa shape index (κ1) is 10.6. The van der Waals surface area contributed by atoms with Gasteiger partial charge in [-0.15, -0.1) is 0 Å². The normalized spacial score (nSPS) is 25.5. The van der Waals surface area contributed by atoms with Gasteiger partial charge in [0, 0.05) is 8.95 Å². The fourth-order valence-electron chi connectivity index (χ4n) is 3.58. The van der Waals surface area contributed by atoms with Gasteiger partial charge < -0.3 is 0 Å². The van der Waals surface area contributed by atoms with Crippen LogP contribution in [0.5, 0.6) is 0 Å². The van der Waals surface area contributed by atoms with Crippen LogP contribution < -0.4 is 0 Å². The van der Waals surface area contributed by atoms with E-state index in [0.717, 1.165) is 20.8 Å². The third-order valence-electron chi connectivity index (χ3n) is 4.39. The van der Waals surface area contributed by atoms with E-state index in [2.05, 4.69) is 56.1 Å². The van der Waals surface area contributed by atoms with Crippen molar-refractivity contribution in [3.8, 4) is 0 Å². The Hall–Kier alpha value is -0.340. The summed E-state index contributed by atoms with van der Waals surface area (Å²) < 4.78 is 2.29. The average Bonchev–Trinajstić information content (AvgIpc) is 2.89. The summed E-state index contributed by atoms with van der Waals surface area (Å²) in [5, 5.41) is 2.73. The van der Waals surface area contributed by atoms with Crippen molar-refractivity contribution in [2.45, 2.75) is 31.1 Å². The molecule has 2 aliphatic carbocycles. The molecule has 2 aliphatic rings. The molecule has 1 fully saturated rings. The fourth-order valence-corrected chi connectivity index (χ4v) is 4.31. The molecular weight excluding hydrogens is 340 g/mol. The minimum absolute atomic E-state index is 0.849. The smallest absolute Gasteiger partial charge is 0.0323 e. The Balaban J connectivity index is 2.03. The molecule has 0 spiro atoms. The molecule has 86 valence electrons. The van der Waals surface area contributed by atoms with Crippen molar-refractivity contribution >= 4 is 42.6 Å². The SMILES string of the molecule is Brc1cc2cc3c(cc2cc1Br)[C@H]1CC[C@@H]3C1. The lowest BCUT2D eigenvalue weighted by Crippen LogP contribution is -1.97. The third kappa shape index (κ3) is 1.47. The second-order valence-electron chi connectivity index (χ2n) is 5.30. The van der Waals surface area contributed by atoms with Crippen molar-refractivity contribution in [1.82, 2.24) is 0 Å². The van der Waals surface area contributed by atoms with Crippen LogP contribution in [-0.2, 0) is 0 Å². The molecule has 4 rings (SSSR count). The van der Waals surface area contributed by atoms with E-state index in [1.165, 1.54) is 30.0 Å². The summed E-state index contributed by atoms with van der Waals surface area (Å²) in [6, 6.07) is 9.30. The Bertz CT molecular complexity index is 576. The van der Waals surface area contributed by atoms with Gasteiger partial charge in [0.25, 0.3) is 0 Å². The molecular formula is C15H12Br2. The molecule has 0 heterocycles. The Morgan fingerprint density at radius 1 is 0.765 bits per heavy atom. The molecule has 0 saturated heterocycles. The molecule has 0 amide bonds. The summed E-state index contributed by atoms with van der Waals surface area (Å²) in [4.78, 5) is 0. The quantitative estimate of drug-likeness (QED) is 0.568. The van der Waals surface area contributed by atoms with Crippen LogP contribution in [-0.4, -0.2) is 0 Å². The van der Waals surface area contributed by atoms with E-state index in [1.54, 1.807) is 11.1 Å². The zero-order valence-corrected chi connectivity index (χ0v) is 12.5. The summed E-state index contributed by atoms with van der Waals surface area (Å²) >= 11 is 7.18. The number of benzene rings is 2. The molecule has 0 nitrogen and oxygen atoms in total.